The molecule has 0 aromatic carbocycles. The van der Waals surface area contributed by atoms with Gasteiger partial charge >= 0.3 is 11.9 Å². The normalized spacial score (nSPS) is 10.8. The van der Waals surface area contributed by atoms with E-state index in [1.54, 1.807) is 33.9 Å². The largest absolute Gasteiger partial charge is 0.476 e. The van der Waals surface area contributed by atoms with E-state index in [2.05, 4.69) is 4.98 Å². The molecule has 3 heterocycles. The third kappa shape index (κ3) is 2.35. The lowest BCUT2D eigenvalue weighted by Gasteiger charge is -2.06. The van der Waals surface area contributed by atoms with E-state index in [1.807, 2.05) is 17.5 Å². The van der Waals surface area contributed by atoms with Crippen molar-refractivity contribution in [2.75, 3.05) is 7.11 Å². The molecule has 7 heteroatoms. The van der Waals surface area contributed by atoms with Gasteiger partial charge in [-0.05, 0) is 23.6 Å². The maximum atomic E-state index is 11.9. The molecule has 0 saturated carbocycles. The third-order valence-corrected chi connectivity index (χ3v) is 4.12. The van der Waals surface area contributed by atoms with E-state index in [-0.39, 0.29) is 11.4 Å². The summed E-state index contributed by atoms with van der Waals surface area (Å²) in [5, 5.41) is 11.3. The van der Waals surface area contributed by atoms with Gasteiger partial charge in [0.2, 0.25) is 0 Å². The van der Waals surface area contributed by atoms with Crippen molar-refractivity contribution in [1.82, 2.24) is 9.38 Å². The van der Waals surface area contributed by atoms with Crippen LogP contribution in [0.3, 0.4) is 0 Å². The molecular formula is C15H12N2O4S. The minimum absolute atomic E-state index is 0.0719. The van der Waals surface area contributed by atoms with E-state index in [0.717, 1.165) is 4.88 Å². The molecule has 3 rings (SSSR count). The number of carbonyl (C=O) groups is 2. The van der Waals surface area contributed by atoms with Crippen molar-refractivity contribution >= 4 is 28.8 Å². The van der Waals surface area contributed by atoms with Crippen molar-refractivity contribution in [3.63, 3.8) is 0 Å². The Balaban J connectivity index is 2.25. The zero-order chi connectivity index (χ0) is 15.7. The Labute approximate surface area is 129 Å². The molecular weight excluding hydrogens is 304 g/mol. The molecule has 0 bridgehead atoms. The first-order valence-electron chi connectivity index (χ1n) is 6.46. The van der Waals surface area contributed by atoms with Crippen LogP contribution in [0.1, 0.15) is 31.7 Å². The van der Waals surface area contributed by atoms with Gasteiger partial charge in [-0.1, -0.05) is 12.1 Å². The summed E-state index contributed by atoms with van der Waals surface area (Å²) < 4.78 is 6.32. The number of thiophene rings is 1. The van der Waals surface area contributed by atoms with Gasteiger partial charge in [-0.15, -0.1) is 11.3 Å². The summed E-state index contributed by atoms with van der Waals surface area (Å²) in [5.41, 5.74) is 0.561. The van der Waals surface area contributed by atoms with Gasteiger partial charge in [0.25, 0.3) is 0 Å². The highest BCUT2D eigenvalue weighted by atomic mass is 32.1. The van der Waals surface area contributed by atoms with Crippen molar-refractivity contribution in [2.45, 2.75) is 6.42 Å². The average molecular weight is 316 g/mol. The van der Waals surface area contributed by atoms with Crippen molar-refractivity contribution in [1.29, 1.82) is 0 Å². The van der Waals surface area contributed by atoms with Gasteiger partial charge in [-0.25, -0.2) is 14.6 Å². The highest BCUT2D eigenvalue weighted by molar-refractivity contribution is 7.09. The maximum absolute atomic E-state index is 11.9. The number of aromatic nitrogens is 2. The quantitative estimate of drug-likeness (QED) is 0.748. The van der Waals surface area contributed by atoms with Crippen LogP contribution in [0.25, 0.3) is 5.52 Å². The molecule has 0 spiro atoms. The molecule has 0 amide bonds. The minimum Gasteiger partial charge on any atom is -0.476 e. The van der Waals surface area contributed by atoms with Gasteiger partial charge in [0.05, 0.1) is 12.6 Å². The monoisotopic (exact) mass is 316 g/mol. The topological polar surface area (TPSA) is 80.9 Å². The molecule has 0 aliphatic heterocycles. The van der Waals surface area contributed by atoms with Crippen molar-refractivity contribution in [3.8, 4) is 0 Å². The SMILES string of the molecule is COC(=O)c1cccc2c(C(=O)O)nc(Cc3cccs3)n12. The number of esters is 1. The fourth-order valence-electron chi connectivity index (χ4n) is 2.32. The van der Waals surface area contributed by atoms with Gasteiger partial charge in [0.15, 0.2) is 5.69 Å². The summed E-state index contributed by atoms with van der Waals surface area (Å²) >= 11 is 1.55. The zero-order valence-corrected chi connectivity index (χ0v) is 12.5. The van der Waals surface area contributed by atoms with Gasteiger partial charge < -0.3 is 9.84 Å². The Bertz CT molecular complexity index is 852. The first-order valence-corrected chi connectivity index (χ1v) is 7.34. The summed E-state index contributed by atoms with van der Waals surface area (Å²) in [6, 6.07) is 8.68. The van der Waals surface area contributed by atoms with Crippen LogP contribution in [0.2, 0.25) is 0 Å². The lowest BCUT2D eigenvalue weighted by atomic mass is 10.2. The molecule has 0 radical (unpaired) electrons. The zero-order valence-electron chi connectivity index (χ0n) is 11.6. The minimum atomic E-state index is -1.13. The second-order valence-electron chi connectivity index (χ2n) is 4.56. The van der Waals surface area contributed by atoms with Crippen LogP contribution in [0.15, 0.2) is 35.7 Å². The number of fused-ring (bicyclic) bond motifs is 1. The number of methoxy groups -OCH3 is 1. The molecule has 22 heavy (non-hydrogen) atoms. The number of hydrogen-bond acceptors (Lipinski definition) is 5. The number of carboxylic acid groups (broad SMARTS) is 1. The summed E-state index contributed by atoms with van der Waals surface area (Å²) in [6.07, 6.45) is 0.445. The number of hydrogen-bond donors (Lipinski definition) is 1. The van der Waals surface area contributed by atoms with Crippen LogP contribution >= 0.6 is 11.3 Å². The standard InChI is InChI=1S/C15H12N2O4S/c1-21-15(20)11-6-2-5-10-13(14(18)19)16-12(17(10)11)8-9-4-3-7-22-9/h2-7H,8H2,1H3,(H,18,19). The summed E-state index contributed by atoms with van der Waals surface area (Å²) in [5.74, 6) is -1.17. The van der Waals surface area contributed by atoms with Crippen LogP contribution in [0.5, 0.6) is 0 Å². The highest BCUT2D eigenvalue weighted by Crippen LogP contribution is 2.21. The molecule has 1 N–H and O–H groups in total. The highest BCUT2D eigenvalue weighted by Gasteiger charge is 2.21. The third-order valence-electron chi connectivity index (χ3n) is 3.24. The van der Waals surface area contributed by atoms with Gasteiger partial charge in [0, 0.05) is 11.3 Å². The molecule has 3 aromatic rings. The number of imidazole rings is 1. The van der Waals surface area contributed by atoms with Crippen LogP contribution < -0.4 is 0 Å². The van der Waals surface area contributed by atoms with Crippen molar-refractivity contribution in [2.24, 2.45) is 0 Å². The summed E-state index contributed by atoms with van der Waals surface area (Å²) in [4.78, 5) is 28.6. The Morgan fingerprint density at radius 1 is 1.32 bits per heavy atom. The first-order chi connectivity index (χ1) is 10.6. The molecule has 3 aromatic heterocycles. The Kier molecular flexibility index (Phi) is 3.64. The maximum Gasteiger partial charge on any atom is 0.356 e. The number of ether oxygens (including phenoxy) is 1. The van der Waals surface area contributed by atoms with Crippen LogP contribution in [0.4, 0.5) is 0 Å². The van der Waals surface area contributed by atoms with Gasteiger partial charge in [-0.2, -0.15) is 0 Å². The van der Waals surface area contributed by atoms with Crippen LogP contribution in [-0.4, -0.2) is 33.5 Å². The predicted molar refractivity (Wildman–Crippen MR) is 80.6 cm³/mol. The van der Waals surface area contributed by atoms with E-state index < -0.39 is 11.9 Å². The molecule has 112 valence electrons. The molecule has 6 nitrogen and oxygen atoms in total. The Morgan fingerprint density at radius 2 is 2.14 bits per heavy atom. The van der Waals surface area contributed by atoms with Crippen molar-refractivity contribution in [3.05, 3.63) is 57.8 Å². The Morgan fingerprint density at radius 3 is 2.77 bits per heavy atom. The molecule has 0 saturated heterocycles. The van der Waals surface area contributed by atoms with E-state index in [9.17, 15) is 14.7 Å². The van der Waals surface area contributed by atoms with Crippen LogP contribution in [-0.2, 0) is 11.2 Å². The number of carbonyl (C=O) groups excluding carboxylic acids is 1. The molecule has 0 fully saturated rings. The lowest BCUT2D eigenvalue weighted by molar-refractivity contribution is 0.0590. The molecule has 0 atom stereocenters. The fraction of sp³-hybridized carbons (Fsp3) is 0.133. The number of nitrogens with zero attached hydrogens (tertiary/aromatic N) is 2. The summed E-state index contributed by atoms with van der Waals surface area (Å²) in [6.45, 7) is 0. The number of rotatable bonds is 4. The molecule has 0 unspecified atom stereocenters. The van der Waals surface area contributed by atoms with Crippen molar-refractivity contribution < 1.29 is 19.4 Å². The van der Waals surface area contributed by atoms with E-state index in [1.165, 1.54) is 7.11 Å². The first kappa shape index (κ1) is 14.3. The smallest absolute Gasteiger partial charge is 0.356 e. The lowest BCUT2D eigenvalue weighted by Crippen LogP contribution is -2.10. The second-order valence-corrected chi connectivity index (χ2v) is 5.59. The molecule has 0 aliphatic rings. The van der Waals surface area contributed by atoms with E-state index in [0.29, 0.717) is 17.8 Å². The predicted octanol–water partition coefficient (Wildman–Crippen LogP) is 2.47. The Hall–Kier alpha value is -2.67. The number of aromatic carboxylic acids is 1. The number of carboxylic acids is 1. The van der Waals surface area contributed by atoms with Gasteiger partial charge in [-0.3, -0.25) is 4.40 Å². The summed E-state index contributed by atoms with van der Waals surface area (Å²) in [7, 11) is 1.29. The molecule has 0 aliphatic carbocycles. The second kappa shape index (κ2) is 5.61. The van der Waals surface area contributed by atoms with E-state index in [4.69, 9.17) is 4.74 Å². The number of pyridine rings is 1. The van der Waals surface area contributed by atoms with Crippen LogP contribution in [0, 0.1) is 0 Å². The average Bonchev–Trinajstić information content (AvgIpc) is 3.15. The van der Waals surface area contributed by atoms with E-state index >= 15 is 0 Å². The van der Waals surface area contributed by atoms with Gasteiger partial charge in [0.1, 0.15) is 11.5 Å². The fourth-order valence-corrected chi connectivity index (χ4v) is 3.02.